The highest BCUT2D eigenvalue weighted by atomic mass is 16.2. The number of benzene rings is 2. The van der Waals surface area contributed by atoms with Crippen LogP contribution in [0.15, 0.2) is 60.8 Å². The average molecular weight is 249 g/mol. The molecule has 1 heterocycles. The summed E-state index contributed by atoms with van der Waals surface area (Å²) >= 11 is 0. The summed E-state index contributed by atoms with van der Waals surface area (Å²) in [4.78, 5) is 22.8. The van der Waals surface area contributed by atoms with Gasteiger partial charge in [-0.1, -0.05) is 42.5 Å². The van der Waals surface area contributed by atoms with Crippen LogP contribution in [-0.2, 0) is 4.79 Å². The van der Waals surface area contributed by atoms with Crippen LogP contribution in [0.25, 0.3) is 16.5 Å². The number of para-hydroxylation sites is 1. The van der Waals surface area contributed by atoms with Gasteiger partial charge < -0.3 is 4.57 Å². The molecule has 1 aromatic heterocycles. The van der Waals surface area contributed by atoms with Crippen LogP contribution in [0.2, 0.25) is 0 Å². The zero-order chi connectivity index (χ0) is 13.2. The van der Waals surface area contributed by atoms with E-state index in [1.165, 1.54) is 0 Å². The summed E-state index contributed by atoms with van der Waals surface area (Å²) < 4.78 is 1.77. The first-order valence-corrected chi connectivity index (χ1v) is 5.96. The minimum absolute atomic E-state index is 0.362. The van der Waals surface area contributed by atoms with E-state index in [2.05, 4.69) is 0 Å². The monoisotopic (exact) mass is 249 g/mol. The van der Waals surface area contributed by atoms with Crippen molar-refractivity contribution in [3.63, 3.8) is 0 Å². The number of Topliss-reactive ketones (excluding diaryl/α,β-unsaturated/α-hetero) is 1. The molecule has 0 fully saturated rings. The highest BCUT2D eigenvalue weighted by Crippen LogP contribution is 2.24. The summed E-state index contributed by atoms with van der Waals surface area (Å²) in [5, 5.41) is 1.74. The lowest BCUT2D eigenvalue weighted by atomic mass is 10.1. The molecule has 0 spiro atoms. The average Bonchev–Trinajstić information content (AvgIpc) is 2.87. The Kier molecular flexibility index (Phi) is 2.72. The third kappa shape index (κ3) is 1.85. The summed E-state index contributed by atoms with van der Waals surface area (Å²) in [6.45, 7) is 0. The summed E-state index contributed by atoms with van der Waals surface area (Å²) in [7, 11) is 0. The number of rotatable bonds is 3. The first-order valence-electron chi connectivity index (χ1n) is 5.96. The van der Waals surface area contributed by atoms with Gasteiger partial charge in [0.1, 0.15) is 5.69 Å². The van der Waals surface area contributed by atoms with Crippen LogP contribution in [0.3, 0.4) is 0 Å². The fourth-order valence-electron chi connectivity index (χ4n) is 2.26. The minimum atomic E-state index is -0.509. The standard InChI is InChI=1S/C16H11NO2/c18-11-15(19)16-14-9-5-4-6-12(14)10-17(16)13-7-2-1-3-8-13/h1-11H. The molecule has 19 heavy (non-hydrogen) atoms. The van der Waals surface area contributed by atoms with Crippen molar-refractivity contribution in [3.05, 3.63) is 66.5 Å². The molecule has 0 bridgehead atoms. The van der Waals surface area contributed by atoms with Crippen LogP contribution in [-0.4, -0.2) is 16.6 Å². The molecule has 0 N–H and O–H groups in total. The Morgan fingerprint density at radius 1 is 0.947 bits per heavy atom. The zero-order valence-electron chi connectivity index (χ0n) is 10.1. The van der Waals surface area contributed by atoms with Gasteiger partial charge in [-0.25, -0.2) is 0 Å². The van der Waals surface area contributed by atoms with Crippen LogP contribution < -0.4 is 0 Å². The minimum Gasteiger partial charge on any atom is -0.312 e. The Morgan fingerprint density at radius 2 is 1.63 bits per heavy atom. The highest BCUT2D eigenvalue weighted by molar-refractivity contribution is 6.36. The van der Waals surface area contributed by atoms with Gasteiger partial charge in [-0.2, -0.15) is 0 Å². The van der Waals surface area contributed by atoms with E-state index in [1.54, 1.807) is 4.57 Å². The molecule has 2 aromatic carbocycles. The molecule has 3 nitrogen and oxygen atoms in total. The molecule has 0 amide bonds. The maximum Gasteiger partial charge on any atom is 0.242 e. The van der Waals surface area contributed by atoms with Gasteiger partial charge in [0.25, 0.3) is 0 Å². The fraction of sp³-hybridized carbons (Fsp3) is 0. The topological polar surface area (TPSA) is 39.1 Å². The molecule has 0 unspecified atom stereocenters. The van der Waals surface area contributed by atoms with E-state index < -0.39 is 5.78 Å². The number of carbonyl (C=O) groups excluding carboxylic acids is 2. The molecule has 0 saturated heterocycles. The molecule has 3 rings (SSSR count). The number of hydrogen-bond donors (Lipinski definition) is 0. The van der Waals surface area contributed by atoms with Crippen molar-refractivity contribution in [2.45, 2.75) is 0 Å². The first-order chi connectivity index (χ1) is 9.31. The second-order valence-electron chi connectivity index (χ2n) is 4.25. The lowest BCUT2D eigenvalue weighted by Gasteiger charge is -2.06. The SMILES string of the molecule is O=CC(=O)c1c2ccccc2cn1-c1ccccc1. The smallest absolute Gasteiger partial charge is 0.242 e. The number of aromatic nitrogens is 1. The van der Waals surface area contributed by atoms with Gasteiger partial charge in [-0.3, -0.25) is 9.59 Å². The summed E-state index contributed by atoms with van der Waals surface area (Å²) in [5.41, 5.74) is 1.28. The van der Waals surface area contributed by atoms with E-state index >= 15 is 0 Å². The molecule has 0 radical (unpaired) electrons. The van der Waals surface area contributed by atoms with E-state index in [9.17, 15) is 9.59 Å². The predicted octanol–water partition coefficient (Wildman–Crippen LogP) is 3.01. The van der Waals surface area contributed by atoms with Crippen molar-refractivity contribution < 1.29 is 9.59 Å². The molecule has 0 aliphatic rings. The Balaban J connectivity index is 2.35. The second-order valence-corrected chi connectivity index (χ2v) is 4.25. The zero-order valence-corrected chi connectivity index (χ0v) is 10.1. The van der Waals surface area contributed by atoms with Crippen LogP contribution in [0.1, 0.15) is 10.5 Å². The largest absolute Gasteiger partial charge is 0.312 e. The molecule has 92 valence electrons. The summed E-state index contributed by atoms with van der Waals surface area (Å²) in [6, 6.07) is 17.1. The van der Waals surface area contributed by atoms with Gasteiger partial charge in [0, 0.05) is 22.7 Å². The van der Waals surface area contributed by atoms with Crippen LogP contribution >= 0.6 is 0 Å². The molecule has 0 aliphatic carbocycles. The third-order valence-electron chi connectivity index (χ3n) is 3.10. The van der Waals surface area contributed by atoms with Crippen molar-refractivity contribution in [3.8, 4) is 5.69 Å². The Morgan fingerprint density at radius 3 is 2.37 bits per heavy atom. The highest BCUT2D eigenvalue weighted by Gasteiger charge is 2.16. The van der Waals surface area contributed by atoms with Gasteiger partial charge >= 0.3 is 0 Å². The number of hydrogen-bond acceptors (Lipinski definition) is 2. The van der Waals surface area contributed by atoms with Gasteiger partial charge in [0.05, 0.1) is 0 Å². The first kappa shape index (κ1) is 11.4. The van der Waals surface area contributed by atoms with Crippen molar-refractivity contribution in [2.24, 2.45) is 0 Å². The van der Waals surface area contributed by atoms with Gasteiger partial charge in [0.2, 0.25) is 5.78 Å². The van der Waals surface area contributed by atoms with Crippen LogP contribution in [0.5, 0.6) is 0 Å². The maximum absolute atomic E-state index is 11.9. The van der Waals surface area contributed by atoms with Gasteiger partial charge in [-0.15, -0.1) is 0 Å². The molecular formula is C16H11NO2. The van der Waals surface area contributed by atoms with Crippen molar-refractivity contribution >= 4 is 22.8 Å². The number of ketones is 1. The number of carbonyl (C=O) groups is 2. The number of aldehydes is 1. The van der Waals surface area contributed by atoms with Crippen molar-refractivity contribution in [1.29, 1.82) is 0 Å². The van der Waals surface area contributed by atoms with Crippen LogP contribution in [0, 0.1) is 0 Å². The van der Waals surface area contributed by atoms with Crippen molar-refractivity contribution in [1.82, 2.24) is 4.57 Å². The Labute approximate surface area is 110 Å². The lowest BCUT2D eigenvalue weighted by molar-refractivity contribution is -0.104. The maximum atomic E-state index is 11.9. The van der Waals surface area contributed by atoms with E-state index in [-0.39, 0.29) is 0 Å². The number of nitrogens with zero attached hydrogens (tertiary/aromatic N) is 1. The lowest BCUT2D eigenvalue weighted by Crippen LogP contribution is -2.08. The third-order valence-corrected chi connectivity index (χ3v) is 3.10. The van der Waals surface area contributed by atoms with E-state index in [1.807, 2.05) is 60.8 Å². The normalized spacial score (nSPS) is 10.5. The molecule has 3 heteroatoms. The Bertz CT molecular complexity index is 757. The molecule has 0 saturated carbocycles. The second kappa shape index (κ2) is 4.53. The molecule has 0 aliphatic heterocycles. The van der Waals surface area contributed by atoms with E-state index in [0.717, 1.165) is 16.5 Å². The van der Waals surface area contributed by atoms with Gasteiger partial charge in [0.15, 0.2) is 6.29 Å². The Hall–Kier alpha value is -2.68. The number of fused-ring (bicyclic) bond motifs is 1. The van der Waals surface area contributed by atoms with Gasteiger partial charge in [-0.05, 0) is 12.1 Å². The predicted molar refractivity (Wildman–Crippen MR) is 73.7 cm³/mol. The molecule has 3 aromatic rings. The van der Waals surface area contributed by atoms with E-state index in [4.69, 9.17) is 0 Å². The van der Waals surface area contributed by atoms with Crippen molar-refractivity contribution in [2.75, 3.05) is 0 Å². The fourth-order valence-corrected chi connectivity index (χ4v) is 2.26. The molecular weight excluding hydrogens is 238 g/mol. The molecule has 0 atom stereocenters. The summed E-state index contributed by atoms with van der Waals surface area (Å²) in [6.07, 6.45) is 2.24. The van der Waals surface area contributed by atoms with Crippen LogP contribution in [0.4, 0.5) is 0 Å². The summed E-state index contributed by atoms with van der Waals surface area (Å²) in [5.74, 6) is -0.509. The van der Waals surface area contributed by atoms with E-state index in [0.29, 0.717) is 12.0 Å². The quantitative estimate of drug-likeness (QED) is 0.406.